The van der Waals surface area contributed by atoms with Crippen LogP contribution in [0.25, 0.3) is 0 Å². The summed E-state index contributed by atoms with van der Waals surface area (Å²) in [5, 5.41) is 12.4. The number of ether oxygens (including phenoxy) is 1. The molecule has 0 aromatic heterocycles. The summed E-state index contributed by atoms with van der Waals surface area (Å²) in [7, 11) is 0. The Labute approximate surface area is 138 Å². The molecule has 130 valence electrons. The van der Waals surface area contributed by atoms with Crippen molar-refractivity contribution in [1.29, 1.82) is 0 Å². The lowest BCUT2D eigenvalue weighted by Gasteiger charge is -2.46. The lowest BCUT2D eigenvalue weighted by molar-refractivity contribution is 0.0342. The zero-order valence-corrected chi connectivity index (χ0v) is 14.9. The van der Waals surface area contributed by atoms with Crippen molar-refractivity contribution in [1.82, 2.24) is 10.2 Å². The predicted molar refractivity (Wildman–Crippen MR) is 88.1 cm³/mol. The number of carbonyl (C=O) groups is 2. The molecule has 1 fully saturated rings. The van der Waals surface area contributed by atoms with E-state index in [1.165, 1.54) is 4.90 Å². The summed E-state index contributed by atoms with van der Waals surface area (Å²) in [5.41, 5.74) is -1.68. The molecule has 1 saturated heterocycles. The highest BCUT2D eigenvalue weighted by Gasteiger charge is 2.54. The Morgan fingerprint density at radius 1 is 1.35 bits per heavy atom. The van der Waals surface area contributed by atoms with Crippen LogP contribution in [0.15, 0.2) is 0 Å². The molecule has 6 heteroatoms. The van der Waals surface area contributed by atoms with Gasteiger partial charge in [-0.25, -0.2) is 9.59 Å². The van der Waals surface area contributed by atoms with Gasteiger partial charge in [-0.2, -0.15) is 0 Å². The van der Waals surface area contributed by atoms with E-state index in [1.54, 1.807) is 20.8 Å². The molecule has 0 saturated carbocycles. The summed E-state index contributed by atoms with van der Waals surface area (Å²) in [6.45, 7) is 11.4. The highest BCUT2D eigenvalue weighted by molar-refractivity contribution is 5.70. The van der Waals surface area contributed by atoms with E-state index in [9.17, 15) is 14.7 Å². The number of alkyl carbamates (subject to hydrolysis) is 1. The van der Waals surface area contributed by atoms with Crippen molar-refractivity contribution in [2.45, 2.75) is 71.6 Å². The molecule has 6 nitrogen and oxygen atoms in total. The van der Waals surface area contributed by atoms with Gasteiger partial charge in [0.1, 0.15) is 5.60 Å². The van der Waals surface area contributed by atoms with Crippen molar-refractivity contribution in [2.75, 3.05) is 6.54 Å². The molecule has 2 atom stereocenters. The second kappa shape index (κ2) is 6.31. The molecular weight excluding hydrogens is 296 g/mol. The van der Waals surface area contributed by atoms with Crippen LogP contribution in [0.3, 0.4) is 0 Å². The molecule has 0 aliphatic carbocycles. The van der Waals surface area contributed by atoms with Crippen molar-refractivity contribution >= 4 is 12.2 Å². The van der Waals surface area contributed by atoms with Crippen LogP contribution < -0.4 is 5.32 Å². The molecule has 0 radical (unpaired) electrons. The third-order valence-electron chi connectivity index (χ3n) is 4.25. The van der Waals surface area contributed by atoms with E-state index in [1.807, 2.05) is 20.8 Å². The lowest BCUT2D eigenvalue weighted by atomic mass is 9.69. The fourth-order valence-corrected chi connectivity index (χ4v) is 3.12. The Balaban J connectivity index is 3.00. The third-order valence-corrected chi connectivity index (χ3v) is 4.25. The Morgan fingerprint density at radius 3 is 2.30 bits per heavy atom. The van der Waals surface area contributed by atoms with Crippen molar-refractivity contribution in [3.63, 3.8) is 0 Å². The Morgan fingerprint density at radius 2 is 1.91 bits per heavy atom. The highest BCUT2D eigenvalue weighted by atomic mass is 16.6. The number of carbonyl (C=O) groups excluding carboxylic acids is 1. The van der Waals surface area contributed by atoms with Gasteiger partial charge in [0, 0.05) is 13.0 Å². The summed E-state index contributed by atoms with van der Waals surface area (Å²) >= 11 is 0. The van der Waals surface area contributed by atoms with E-state index in [4.69, 9.17) is 11.2 Å². The van der Waals surface area contributed by atoms with E-state index < -0.39 is 23.3 Å². The maximum absolute atomic E-state index is 12.0. The number of amides is 2. The minimum absolute atomic E-state index is 0.202. The van der Waals surface area contributed by atoms with Crippen LogP contribution >= 0.6 is 0 Å². The summed E-state index contributed by atoms with van der Waals surface area (Å²) in [5.74, 6) is 2.61. The van der Waals surface area contributed by atoms with Gasteiger partial charge in [-0.15, -0.1) is 12.3 Å². The molecule has 2 amide bonds. The topological polar surface area (TPSA) is 78.9 Å². The Bertz CT molecular complexity index is 510. The average molecular weight is 324 g/mol. The number of terminal acetylenes is 1. The summed E-state index contributed by atoms with van der Waals surface area (Å²) in [4.78, 5) is 25.1. The smallest absolute Gasteiger partial charge is 0.407 e. The zero-order chi connectivity index (χ0) is 18.1. The summed E-state index contributed by atoms with van der Waals surface area (Å²) in [6.07, 6.45) is 4.70. The normalized spacial score (nSPS) is 24.9. The van der Waals surface area contributed by atoms with Crippen LogP contribution in [-0.2, 0) is 4.74 Å². The number of hydrogen-bond acceptors (Lipinski definition) is 3. The zero-order valence-electron chi connectivity index (χ0n) is 14.9. The number of carboxylic acid groups (broad SMARTS) is 1. The summed E-state index contributed by atoms with van der Waals surface area (Å²) < 4.78 is 5.25. The van der Waals surface area contributed by atoms with E-state index in [-0.39, 0.29) is 18.0 Å². The van der Waals surface area contributed by atoms with Crippen LogP contribution in [0.4, 0.5) is 9.59 Å². The van der Waals surface area contributed by atoms with Crippen LogP contribution in [0, 0.1) is 17.8 Å². The maximum atomic E-state index is 12.0. The van der Waals surface area contributed by atoms with Gasteiger partial charge in [0.25, 0.3) is 0 Å². The quantitative estimate of drug-likeness (QED) is 0.765. The van der Waals surface area contributed by atoms with E-state index in [0.717, 1.165) is 0 Å². The standard InChI is InChI=1S/C17H28N2O4/c1-8-9-17(15(2,3)4)10-12(11-19(17)14(21)22)18-13(20)23-16(5,6)7/h1,12H,9-11H2,2-7H3,(H,18,20)(H,21,22)/t12-,17-/m0/s1. The molecule has 1 rings (SSSR count). The van der Waals surface area contributed by atoms with Crippen molar-refractivity contribution < 1.29 is 19.4 Å². The van der Waals surface area contributed by atoms with Gasteiger partial charge in [-0.05, 0) is 32.6 Å². The fraction of sp³-hybridized carbons (Fsp3) is 0.765. The van der Waals surface area contributed by atoms with Crippen LogP contribution in [0.2, 0.25) is 0 Å². The first-order valence-electron chi connectivity index (χ1n) is 7.76. The van der Waals surface area contributed by atoms with E-state index >= 15 is 0 Å². The molecule has 0 bridgehead atoms. The fourth-order valence-electron chi connectivity index (χ4n) is 3.12. The maximum Gasteiger partial charge on any atom is 0.407 e. The molecule has 0 spiro atoms. The number of rotatable bonds is 2. The summed E-state index contributed by atoms with van der Waals surface area (Å²) in [6, 6.07) is -0.325. The molecule has 0 aromatic rings. The second-order valence-corrected chi connectivity index (χ2v) is 8.10. The van der Waals surface area contributed by atoms with Crippen molar-refractivity contribution in [3.05, 3.63) is 0 Å². The van der Waals surface area contributed by atoms with Gasteiger partial charge in [0.15, 0.2) is 0 Å². The van der Waals surface area contributed by atoms with Crippen LogP contribution in [0.5, 0.6) is 0 Å². The number of hydrogen-bond donors (Lipinski definition) is 2. The third kappa shape index (κ3) is 4.31. The lowest BCUT2D eigenvalue weighted by Crippen LogP contribution is -2.55. The van der Waals surface area contributed by atoms with Gasteiger partial charge in [-0.3, -0.25) is 4.90 Å². The molecule has 1 heterocycles. The first-order chi connectivity index (χ1) is 10.3. The minimum atomic E-state index is -1.02. The predicted octanol–water partition coefficient (Wildman–Crippen LogP) is 3.07. The monoisotopic (exact) mass is 324 g/mol. The minimum Gasteiger partial charge on any atom is -0.465 e. The first-order valence-corrected chi connectivity index (χ1v) is 7.76. The Kier molecular flexibility index (Phi) is 5.25. The van der Waals surface area contributed by atoms with Gasteiger partial charge in [-0.1, -0.05) is 20.8 Å². The van der Waals surface area contributed by atoms with E-state index in [0.29, 0.717) is 12.8 Å². The largest absolute Gasteiger partial charge is 0.465 e. The molecule has 0 unspecified atom stereocenters. The molecule has 23 heavy (non-hydrogen) atoms. The number of likely N-dealkylation sites (tertiary alicyclic amines) is 1. The first kappa shape index (κ1) is 19.1. The van der Waals surface area contributed by atoms with Gasteiger partial charge >= 0.3 is 12.2 Å². The SMILES string of the molecule is C#CC[C@@]1(C(C)(C)C)C[C@H](NC(=O)OC(C)(C)C)CN1C(=O)O. The number of nitrogens with zero attached hydrogens (tertiary/aromatic N) is 1. The van der Waals surface area contributed by atoms with E-state index in [2.05, 4.69) is 11.2 Å². The Hall–Kier alpha value is -1.90. The van der Waals surface area contributed by atoms with Gasteiger partial charge < -0.3 is 15.2 Å². The van der Waals surface area contributed by atoms with Gasteiger partial charge in [0.2, 0.25) is 0 Å². The highest BCUT2D eigenvalue weighted by Crippen LogP contribution is 2.46. The molecule has 1 aliphatic rings. The van der Waals surface area contributed by atoms with Crippen molar-refractivity contribution in [3.8, 4) is 12.3 Å². The van der Waals surface area contributed by atoms with Crippen molar-refractivity contribution in [2.24, 2.45) is 5.41 Å². The van der Waals surface area contributed by atoms with Crippen LogP contribution in [0.1, 0.15) is 54.4 Å². The molecule has 0 aromatic carbocycles. The second-order valence-electron chi connectivity index (χ2n) is 8.10. The van der Waals surface area contributed by atoms with Gasteiger partial charge in [0.05, 0.1) is 11.6 Å². The van der Waals surface area contributed by atoms with Crippen LogP contribution in [-0.4, -0.2) is 45.9 Å². The number of nitrogens with one attached hydrogen (secondary N) is 1. The molecule has 1 aliphatic heterocycles. The molecular formula is C17H28N2O4. The molecule has 2 N–H and O–H groups in total. The average Bonchev–Trinajstić information content (AvgIpc) is 2.66.